The summed E-state index contributed by atoms with van der Waals surface area (Å²) in [6.07, 6.45) is 4.76. The van der Waals surface area contributed by atoms with Gasteiger partial charge in [-0.2, -0.15) is 0 Å². The van der Waals surface area contributed by atoms with Crippen LogP contribution < -0.4 is 0 Å². The first-order chi connectivity index (χ1) is 8.09. The monoisotopic (exact) mass is 238 g/mol. The van der Waals surface area contributed by atoms with Crippen molar-refractivity contribution in [1.82, 2.24) is 9.80 Å². The standard InChI is InChI=1S/C14H26N2O/c1-11(2)15-9-6-13(7-10-15)16-8-4-5-14(16)12(3)17/h11,13-14H,4-10H2,1-3H3/t14-/m0/s1. The van der Waals surface area contributed by atoms with Crippen LogP contribution in [0, 0.1) is 0 Å². The fourth-order valence-corrected chi connectivity index (χ4v) is 3.40. The number of carbonyl (C=O) groups excluding carboxylic acids is 1. The van der Waals surface area contributed by atoms with Gasteiger partial charge in [0.15, 0.2) is 0 Å². The third-order valence-electron chi connectivity index (χ3n) is 4.46. The second-order valence-corrected chi connectivity index (χ2v) is 5.87. The predicted molar refractivity (Wildman–Crippen MR) is 70.1 cm³/mol. The molecule has 3 heteroatoms. The SMILES string of the molecule is CC(=O)[C@@H]1CCCN1C1CCN(C(C)C)CC1. The number of nitrogens with zero attached hydrogens (tertiary/aromatic N) is 2. The molecule has 2 heterocycles. The summed E-state index contributed by atoms with van der Waals surface area (Å²) in [6.45, 7) is 9.83. The molecule has 0 aliphatic carbocycles. The van der Waals surface area contributed by atoms with Crippen molar-refractivity contribution >= 4 is 5.78 Å². The predicted octanol–water partition coefficient (Wildman–Crippen LogP) is 1.91. The van der Waals surface area contributed by atoms with Gasteiger partial charge in [-0.1, -0.05) is 0 Å². The molecule has 0 unspecified atom stereocenters. The molecular weight excluding hydrogens is 212 g/mol. The van der Waals surface area contributed by atoms with Crippen LogP contribution >= 0.6 is 0 Å². The lowest BCUT2D eigenvalue weighted by Gasteiger charge is -2.40. The number of rotatable bonds is 3. The zero-order valence-electron chi connectivity index (χ0n) is 11.5. The van der Waals surface area contributed by atoms with Crippen LogP contribution in [-0.2, 0) is 4.79 Å². The second kappa shape index (κ2) is 5.49. The van der Waals surface area contributed by atoms with E-state index in [4.69, 9.17) is 0 Å². The Kier molecular flexibility index (Phi) is 4.21. The van der Waals surface area contributed by atoms with E-state index in [1.54, 1.807) is 6.92 Å². The van der Waals surface area contributed by atoms with Gasteiger partial charge < -0.3 is 4.90 Å². The average molecular weight is 238 g/mol. The quantitative estimate of drug-likeness (QED) is 0.750. The Morgan fingerprint density at radius 1 is 1.12 bits per heavy atom. The molecule has 0 aromatic carbocycles. The molecule has 0 bridgehead atoms. The number of piperidine rings is 1. The average Bonchev–Trinajstić information content (AvgIpc) is 2.78. The van der Waals surface area contributed by atoms with Crippen LogP contribution in [0.2, 0.25) is 0 Å². The van der Waals surface area contributed by atoms with E-state index in [9.17, 15) is 4.79 Å². The summed E-state index contributed by atoms with van der Waals surface area (Å²) < 4.78 is 0. The van der Waals surface area contributed by atoms with E-state index in [0.717, 1.165) is 13.0 Å². The molecular formula is C14H26N2O. The van der Waals surface area contributed by atoms with E-state index >= 15 is 0 Å². The summed E-state index contributed by atoms with van der Waals surface area (Å²) in [7, 11) is 0. The lowest BCUT2D eigenvalue weighted by atomic mass is 10.00. The van der Waals surface area contributed by atoms with Crippen LogP contribution in [0.4, 0.5) is 0 Å². The maximum absolute atomic E-state index is 11.6. The normalized spacial score (nSPS) is 29.1. The number of ketones is 1. The maximum Gasteiger partial charge on any atom is 0.146 e. The van der Waals surface area contributed by atoms with Crippen molar-refractivity contribution in [1.29, 1.82) is 0 Å². The van der Waals surface area contributed by atoms with Gasteiger partial charge in [-0.3, -0.25) is 9.69 Å². The molecule has 2 aliphatic heterocycles. The van der Waals surface area contributed by atoms with Crippen LogP contribution in [-0.4, -0.2) is 53.3 Å². The molecule has 0 aromatic rings. The minimum Gasteiger partial charge on any atom is -0.301 e. The van der Waals surface area contributed by atoms with Crippen LogP contribution in [0.15, 0.2) is 0 Å². The molecule has 0 saturated carbocycles. The van der Waals surface area contributed by atoms with E-state index in [0.29, 0.717) is 17.9 Å². The number of carbonyl (C=O) groups is 1. The van der Waals surface area contributed by atoms with Crippen LogP contribution in [0.5, 0.6) is 0 Å². The summed E-state index contributed by atoms with van der Waals surface area (Å²) in [4.78, 5) is 16.7. The van der Waals surface area contributed by atoms with Gasteiger partial charge in [0, 0.05) is 12.1 Å². The topological polar surface area (TPSA) is 23.6 Å². The van der Waals surface area contributed by atoms with E-state index < -0.39 is 0 Å². The molecule has 0 spiro atoms. The lowest BCUT2D eigenvalue weighted by Crippen LogP contribution is -2.49. The Morgan fingerprint density at radius 3 is 2.29 bits per heavy atom. The van der Waals surface area contributed by atoms with Gasteiger partial charge in [0.2, 0.25) is 0 Å². The molecule has 0 aromatic heterocycles. The van der Waals surface area contributed by atoms with Gasteiger partial charge in [-0.05, 0) is 66.1 Å². The molecule has 98 valence electrons. The molecule has 0 amide bonds. The Morgan fingerprint density at radius 2 is 1.76 bits per heavy atom. The maximum atomic E-state index is 11.6. The van der Waals surface area contributed by atoms with Crippen molar-refractivity contribution in [3.05, 3.63) is 0 Å². The first-order valence-corrected chi connectivity index (χ1v) is 7.10. The van der Waals surface area contributed by atoms with Gasteiger partial charge in [0.25, 0.3) is 0 Å². The van der Waals surface area contributed by atoms with Gasteiger partial charge in [-0.25, -0.2) is 0 Å². The third kappa shape index (κ3) is 2.89. The minimum absolute atomic E-state index is 0.227. The van der Waals surface area contributed by atoms with Gasteiger partial charge in [-0.15, -0.1) is 0 Å². The first kappa shape index (κ1) is 13.0. The highest BCUT2D eigenvalue weighted by Crippen LogP contribution is 2.26. The summed E-state index contributed by atoms with van der Waals surface area (Å²) in [5.41, 5.74) is 0. The number of likely N-dealkylation sites (tertiary alicyclic amines) is 2. The Balaban J connectivity index is 1.90. The molecule has 3 nitrogen and oxygen atoms in total. The zero-order chi connectivity index (χ0) is 12.4. The summed E-state index contributed by atoms with van der Waals surface area (Å²) in [6, 6.07) is 1.55. The zero-order valence-corrected chi connectivity index (χ0v) is 11.5. The van der Waals surface area contributed by atoms with Crippen molar-refractivity contribution in [3.8, 4) is 0 Å². The molecule has 0 N–H and O–H groups in total. The number of hydrogen-bond acceptors (Lipinski definition) is 3. The van der Waals surface area contributed by atoms with Gasteiger partial charge in [0.05, 0.1) is 6.04 Å². The van der Waals surface area contributed by atoms with E-state index in [1.807, 2.05) is 0 Å². The highest BCUT2D eigenvalue weighted by Gasteiger charge is 2.35. The Bertz CT molecular complexity index is 269. The van der Waals surface area contributed by atoms with Crippen molar-refractivity contribution in [3.63, 3.8) is 0 Å². The molecule has 2 aliphatic rings. The second-order valence-electron chi connectivity index (χ2n) is 5.87. The van der Waals surface area contributed by atoms with E-state index in [-0.39, 0.29) is 6.04 Å². The molecule has 0 radical (unpaired) electrons. The molecule has 17 heavy (non-hydrogen) atoms. The summed E-state index contributed by atoms with van der Waals surface area (Å²) in [5.74, 6) is 0.369. The van der Waals surface area contributed by atoms with Crippen molar-refractivity contribution in [2.24, 2.45) is 0 Å². The van der Waals surface area contributed by atoms with Crippen LogP contribution in [0.1, 0.15) is 46.5 Å². The first-order valence-electron chi connectivity index (χ1n) is 7.10. The molecule has 2 saturated heterocycles. The molecule has 2 fully saturated rings. The molecule has 1 atom stereocenters. The Hall–Kier alpha value is -0.410. The van der Waals surface area contributed by atoms with Gasteiger partial charge in [0.1, 0.15) is 5.78 Å². The largest absolute Gasteiger partial charge is 0.301 e. The highest BCUT2D eigenvalue weighted by atomic mass is 16.1. The summed E-state index contributed by atoms with van der Waals surface area (Å²) >= 11 is 0. The van der Waals surface area contributed by atoms with Crippen molar-refractivity contribution in [2.45, 2.75) is 64.6 Å². The molecule has 2 rings (SSSR count). The van der Waals surface area contributed by atoms with E-state index in [2.05, 4.69) is 23.6 Å². The van der Waals surface area contributed by atoms with E-state index in [1.165, 1.54) is 32.4 Å². The van der Waals surface area contributed by atoms with Crippen LogP contribution in [0.3, 0.4) is 0 Å². The minimum atomic E-state index is 0.227. The fourth-order valence-electron chi connectivity index (χ4n) is 3.40. The fraction of sp³-hybridized carbons (Fsp3) is 0.929. The van der Waals surface area contributed by atoms with Crippen molar-refractivity contribution in [2.75, 3.05) is 19.6 Å². The third-order valence-corrected chi connectivity index (χ3v) is 4.46. The Labute approximate surface area is 105 Å². The lowest BCUT2D eigenvalue weighted by molar-refractivity contribution is -0.122. The summed E-state index contributed by atoms with van der Waals surface area (Å²) in [5, 5.41) is 0. The smallest absolute Gasteiger partial charge is 0.146 e. The van der Waals surface area contributed by atoms with Crippen LogP contribution in [0.25, 0.3) is 0 Å². The number of Topliss-reactive ketones (excluding diaryl/α,β-unsaturated/α-hetero) is 1. The van der Waals surface area contributed by atoms with Gasteiger partial charge >= 0.3 is 0 Å². The highest BCUT2D eigenvalue weighted by molar-refractivity contribution is 5.81. The van der Waals surface area contributed by atoms with Crippen molar-refractivity contribution < 1.29 is 4.79 Å². The number of hydrogen-bond donors (Lipinski definition) is 0.